The second-order valence-corrected chi connectivity index (χ2v) is 7.32. The molecule has 0 aliphatic carbocycles. The third-order valence-electron chi connectivity index (χ3n) is 2.93. The summed E-state index contributed by atoms with van der Waals surface area (Å²) in [5.74, 6) is 1.51. The van der Waals surface area contributed by atoms with Gasteiger partial charge < -0.3 is 9.47 Å². The second-order valence-electron chi connectivity index (χ2n) is 4.11. The first-order valence-electron chi connectivity index (χ1n) is 5.67. The Labute approximate surface area is 134 Å². The van der Waals surface area contributed by atoms with Gasteiger partial charge in [-0.1, -0.05) is 15.9 Å². The summed E-state index contributed by atoms with van der Waals surface area (Å²) >= 11 is 8.93. The summed E-state index contributed by atoms with van der Waals surface area (Å²) in [7, 11) is 3.31. The normalized spacial score (nSPS) is 12.3. The van der Waals surface area contributed by atoms with Crippen LogP contribution in [-0.2, 0) is 0 Å². The van der Waals surface area contributed by atoms with E-state index in [1.54, 1.807) is 25.6 Å². The number of hydrogen-bond donors (Lipinski definition) is 0. The summed E-state index contributed by atoms with van der Waals surface area (Å²) in [4.78, 5) is 0.148. The molecule has 0 amide bonds. The molecule has 2 nitrogen and oxygen atoms in total. The molecule has 0 radical (unpaired) electrons. The van der Waals surface area contributed by atoms with Gasteiger partial charge in [-0.3, -0.25) is 0 Å². The topological polar surface area (TPSA) is 18.5 Å². The molecule has 2 rings (SSSR count). The van der Waals surface area contributed by atoms with Crippen LogP contribution >= 0.6 is 43.2 Å². The van der Waals surface area contributed by atoms with E-state index in [1.165, 1.54) is 16.7 Å². The zero-order valence-corrected chi connectivity index (χ0v) is 14.9. The number of aryl methyl sites for hydroxylation is 1. The van der Waals surface area contributed by atoms with Crippen molar-refractivity contribution in [2.75, 3.05) is 14.2 Å². The first-order chi connectivity index (χ1) is 9.06. The van der Waals surface area contributed by atoms with Crippen LogP contribution in [0.1, 0.15) is 21.5 Å². The molecular formula is C14H14Br2O2S. The maximum Gasteiger partial charge on any atom is 0.161 e. The highest BCUT2D eigenvalue weighted by molar-refractivity contribution is 9.11. The van der Waals surface area contributed by atoms with Crippen molar-refractivity contribution in [2.24, 2.45) is 0 Å². The van der Waals surface area contributed by atoms with Gasteiger partial charge in [0.15, 0.2) is 11.5 Å². The van der Waals surface area contributed by atoms with Crippen molar-refractivity contribution < 1.29 is 9.47 Å². The number of alkyl halides is 1. The molecule has 1 unspecified atom stereocenters. The molecular weight excluding hydrogens is 392 g/mol. The highest BCUT2D eigenvalue weighted by atomic mass is 79.9. The number of halogens is 2. The van der Waals surface area contributed by atoms with Gasteiger partial charge in [0, 0.05) is 0 Å². The van der Waals surface area contributed by atoms with Crippen LogP contribution in [0.15, 0.2) is 27.4 Å². The quantitative estimate of drug-likeness (QED) is 0.640. The maximum atomic E-state index is 5.37. The van der Waals surface area contributed by atoms with Crippen molar-refractivity contribution in [1.29, 1.82) is 0 Å². The van der Waals surface area contributed by atoms with Gasteiger partial charge in [0.05, 0.1) is 22.8 Å². The van der Waals surface area contributed by atoms with Gasteiger partial charge in [0.2, 0.25) is 0 Å². The van der Waals surface area contributed by atoms with Crippen molar-refractivity contribution in [3.63, 3.8) is 0 Å². The summed E-state index contributed by atoms with van der Waals surface area (Å²) in [6, 6.07) is 6.16. The van der Waals surface area contributed by atoms with Crippen LogP contribution in [0.2, 0.25) is 0 Å². The summed E-state index contributed by atoms with van der Waals surface area (Å²) in [6.07, 6.45) is 0. The maximum absolute atomic E-state index is 5.37. The van der Waals surface area contributed by atoms with E-state index in [9.17, 15) is 0 Å². The lowest BCUT2D eigenvalue weighted by atomic mass is 10.0. The highest BCUT2D eigenvalue weighted by Gasteiger charge is 2.17. The summed E-state index contributed by atoms with van der Waals surface area (Å²) in [5, 5.41) is 2.14. The molecule has 2 aromatic rings. The molecule has 5 heteroatoms. The Morgan fingerprint density at radius 1 is 1.11 bits per heavy atom. The Bertz CT molecular complexity index is 581. The monoisotopic (exact) mass is 404 g/mol. The van der Waals surface area contributed by atoms with E-state index in [1.807, 2.05) is 12.1 Å². The van der Waals surface area contributed by atoms with Crippen LogP contribution in [0.25, 0.3) is 0 Å². The molecule has 0 saturated heterocycles. The largest absolute Gasteiger partial charge is 0.493 e. The van der Waals surface area contributed by atoms with E-state index >= 15 is 0 Å². The molecule has 1 aromatic carbocycles. The zero-order valence-electron chi connectivity index (χ0n) is 10.9. The van der Waals surface area contributed by atoms with Crippen molar-refractivity contribution in [2.45, 2.75) is 11.8 Å². The third-order valence-corrected chi connectivity index (χ3v) is 5.47. The molecule has 102 valence electrons. The van der Waals surface area contributed by atoms with Gasteiger partial charge in [0.1, 0.15) is 0 Å². The zero-order chi connectivity index (χ0) is 14.0. The Morgan fingerprint density at radius 3 is 2.26 bits per heavy atom. The summed E-state index contributed by atoms with van der Waals surface area (Å²) in [6.45, 7) is 2.08. The van der Waals surface area contributed by atoms with E-state index in [0.717, 1.165) is 15.3 Å². The molecule has 0 spiro atoms. The Hall–Kier alpha value is -0.520. The number of hydrogen-bond acceptors (Lipinski definition) is 3. The van der Waals surface area contributed by atoms with Gasteiger partial charge in [-0.15, -0.1) is 11.3 Å². The van der Waals surface area contributed by atoms with Crippen molar-refractivity contribution >= 4 is 43.2 Å². The molecule has 0 fully saturated rings. The number of thiophene rings is 1. The van der Waals surface area contributed by atoms with Gasteiger partial charge in [0.25, 0.3) is 0 Å². The number of benzene rings is 1. The van der Waals surface area contributed by atoms with Gasteiger partial charge in [-0.2, -0.15) is 0 Å². The van der Waals surface area contributed by atoms with E-state index in [-0.39, 0.29) is 4.83 Å². The number of ether oxygens (including phenoxy) is 2. The molecule has 0 aliphatic heterocycles. The molecule has 0 saturated carbocycles. The fourth-order valence-corrected chi connectivity index (χ4v) is 4.04. The minimum atomic E-state index is 0.148. The fourth-order valence-electron chi connectivity index (χ4n) is 1.91. The van der Waals surface area contributed by atoms with Crippen LogP contribution in [0.3, 0.4) is 0 Å². The molecule has 19 heavy (non-hydrogen) atoms. The van der Waals surface area contributed by atoms with Crippen LogP contribution in [0.4, 0.5) is 0 Å². The average Bonchev–Trinajstić information content (AvgIpc) is 2.84. The molecule has 0 bridgehead atoms. The van der Waals surface area contributed by atoms with Crippen molar-refractivity contribution in [1.82, 2.24) is 0 Å². The fraction of sp³-hybridized carbons (Fsp3) is 0.286. The summed E-state index contributed by atoms with van der Waals surface area (Å²) in [5.41, 5.74) is 3.58. The standard InChI is InChI=1S/C14H14Br2O2S/c1-8-4-11(17-2)12(18-3)6-10(8)14(16)9-5-13(15)19-7-9/h4-7,14H,1-3H3. The Morgan fingerprint density at radius 2 is 1.74 bits per heavy atom. The van der Waals surface area contributed by atoms with E-state index in [4.69, 9.17) is 9.47 Å². The van der Waals surface area contributed by atoms with Crippen LogP contribution in [0, 0.1) is 6.92 Å². The van der Waals surface area contributed by atoms with Crippen LogP contribution in [0.5, 0.6) is 11.5 Å². The van der Waals surface area contributed by atoms with E-state index in [0.29, 0.717) is 0 Å². The molecule has 0 aliphatic rings. The first-order valence-corrected chi connectivity index (χ1v) is 8.26. The minimum absolute atomic E-state index is 0.148. The smallest absolute Gasteiger partial charge is 0.161 e. The molecule has 1 heterocycles. The van der Waals surface area contributed by atoms with Crippen LogP contribution < -0.4 is 9.47 Å². The van der Waals surface area contributed by atoms with Crippen molar-refractivity contribution in [3.05, 3.63) is 44.1 Å². The highest BCUT2D eigenvalue weighted by Crippen LogP contribution is 2.40. The van der Waals surface area contributed by atoms with E-state index < -0.39 is 0 Å². The molecule has 1 aromatic heterocycles. The van der Waals surface area contributed by atoms with Gasteiger partial charge in [-0.25, -0.2) is 0 Å². The Kier molecular flexibility index (Phi) is 4.92. The summed E-state index contributed by atoms with van der Waals surface area (Å²) < 4.78 is 11.8. The predicted molar refractivity (Wildman–Crippen MR) is 87.1 cm³/mol. The SMILES string of the molecule is COc1cc(C)c(C(Br)c2csc(Br)c2)cc1OC. The van der Waals surface area contributed by atoms with Crippen LogP contribution in [-0.4, -0.2) is 14.2 Å². The van der Waals surface area contributed by atoms with E-state index in [2.05, 4.69) is 50.2 Å². The van der Waals surface area contributed by atoms with Gasteiger partial charge in [-0.05, 0) is 63.1 Å². The number of rotatable bonds is 4. The minimum Gasteiger partial charge on any atom is -0.493 e. The van der Waals surface area contributed by atoms with Gasteiger partial charge >= 0.3 is 0 Å². The lowest BCUT2D eigenvalue weighted by molar-refractivity contribution is 0.354. The predicted octanol–water partition coefficient (Wildman–Crippen LogP) is 5.32. The lowest BCUT2D eigenvalue weighted by Crippen LogP contribution is -1.98. The average molecular weight is 406 g/mol. The lowest BCUT2D eigenvalue weighted by Gasteiger charge is -2.16. The number of methoxy groups -OCH3 is 2. The molecule has 1 atom stereocenters. The third kappa shape index (κ3) is 3.15. The van der Waals surface area contributed by atoms with Crippen molar-refractivity contribution in [3.8, 4) is 11.5 Å². The Balaban J connectivity index is 2.44. The first kappa shape index (κ1) is 14.9. The molecule has 0 N–H and O–H groups in total. The second kappa shape index (κ2) is 6.29.